The van der Waals surface area contributed by atoms with Crippen LogP contribution < -0.4 is 11.1 Å². The van der Waals surface area contributed by atoms with Crippen molar-refractivity contribution in [3.63, 3.8) is 0 Å². The standard InChI is InChI=1S/C13H24N2O2S/c1-2-3-11(14)12(16)15-10-4-6-17-13(8-10)5-7-18-9-13/h10-11H,2-9,14H2,1H3,(H,15,16). The van der Waals surface area contributed by atoms with Gasteiger partial charge in [-0.15, -0.1) is 0 Å². The van der Waals surface area contributed by atoms with Crippen molar-refractivity contribution >= 4 is 17.7 Å². The molecule has 1 amide bonds. The van der Waals surface area contributed by atoms with Crippen LogP contribution in [-0.2, 0) is 9.53 Å². The Bertz CT molecular complexity index is 293. The van der Waals surface area contributed by atoms with E-state index in [4.69, 9.17) is 10.5 Å². The molecule has 1 spiro atoms. The van der Waals surface area contributed by atoms with Crippen LogP contribution in [0.15, 0.2) is 0 Å². The molecule has 4 nitrogen and oxygen atoms in total. The Morgan fingerprint density at radius 1 is 1.67 bits per heavy atom. The fourth-order valence-corrected chi connectivity index (χ4v) is 4.14. The maximum atomic E-state index is 11.9. The van der Waals surface area contributed by atoms with E-state index < -0.39 is 0 Å². The SMILES string of the molecule is CCCC(N)C(=O)NC1CCOC2(CCSC2)C1. The third-order valence-electron chi connectivity index (χ3n) is 3.84. The molecule has 2 heterocycles. The predicted molar refractivity (Wildman–Crippen MR) is 74.7 cm³/mol. The molecule has 0 radical (unpaired) electrons. The van der Waals surface area contributed by atoms with Gasteiger partial charge in [0.15, 0.2) is 0 Å². The molecule has 18 heavy (non-hydrogen) atoms. The molecule has 0 aliphatic carbocycles. The zero-order valence-corrected chi connectivity index (χ0v) is 11.9. The summed E-state index contributed by atoms with van der Waals surface area (Å²) < 4.78 is 5.94. The van der Waals surface area contributed by atoms with Gasteiger partial charge in [-0.25, -0.2) is 0 Å². The Hall–Kier alpha value is -0.260. The number of ether oxygens (including phenoxy) is 1. The average molecular weight is 272 g/mol. The first-order valence-corrected chi connectivity index (χ1v) is 8.08. The fraction of sp³-hybridized carbons (Fsp3) is 0.923. The van der Waals surface area contributed by atoms with Crippen LogP contribution in [0.1, 0.15) is 39.0 Å². The summed E-state index contributed by atoms with van der Waals surface area (Å²) in [6.07, 6.45) is 4.69. The molecule has 2 aliphatic heterocycles. The van der Waals surface area contributed by atoms with Crippen LogP contribution >= 0.6 is 11.8 Å². The van der Waals surface area contributed by atoms with Crippen LogP contribution in [-0.4, -0.2) is 41.7 Å². The van der Waals surface area contributed by atoms with E-state index in [-0.39, 0.29) is 23.6 Å². The van der Waals surface area contributed by atoms with Crippen molar-refractivity contribution in [1.29, 1.82) is 0 Å². The summed E-state index contributed by atoms with van der Waals surface area (Å²) >= 11 is 1.95. The van der Waals surface area contributed by atoms with Crippen LogP contribution in [0.3, 0.4) is 0 Å². The van der Waals surface area contributed by atoms with E-state index in [1.54, 1.807) is 0 Å². The summed E-state index contributed by atoms with van der Waals surface area (Å²) in [5, 5.41) is 3.10. The Labute approximate surface area is 113 Å². The summed E-state index contributed by atoms with van der Waals surface area (Å²) in [7, 11) is 0. The summed E-state index contributed by atoms with van der Waals surface area (Å²) in [6.45, 7) is 2.81. The average Bonchev–Trinajstić information content (AvgIpc) is 2.77. The molecule has 104 valence electrons. The zero-order valence-electron chi connectivity index (χ0n) is 11.1. The van der Waals surface area contributed by atoms with Crippen LogP contribution in [0.4, 0.5) is 0 Å². The minimum atomic E-state index is -0.355. The maximum absolute atomic E-state index is 11.9. The quantitative estimate of drug-likeness (QED) is 0.809. The predicted octanol–water partition coefficient (Wildman–Crippen LogP) is 1.28. The molecular formula is C13H24N2O2S. The minimum absolute atomic E-state index is 0.00421. The highest BCUT2D eigenvalue weighted by atomic mass is 32.2. The first kappa shape index (κ1) is 14.2. The molecule has 2 fully saturated rings. The van der Waals surface area contributed by atoms with Crippen molar-refractivity contribution < 1.29 is 9.53 Å². The topological polar surface area (TPSA) is 64.4 Å². The Kier molecular flexibility index (Phi) is 4.92. The summed E-state index contributed by atoms with van der Waals surface area (Å²) in [5.41, 5.74) is 5.87. The maximum Gasteiger partial charge on any atom is 0.237 e. The van der Waals surface area contributed by atoms with Gasteiger partial charge in [0, 0.05) is 18.4 Å². The lowest BCUT2D eigenvalue weighted by atomic mass is 9.89. The molecule has 0 aromatic rings. The van der Waals surface area contributed by atoms with E-state index in [1.807, 2.05) is 18.7 Å². The van der Waals surface area contributed by atoms with Gasteiger partial charge in [-0.1, -0.05) is 13.3 Å². The molecule has 0 aromatic carbocycles. The van der Waals surface area contributed by atoms with E-state index in [0.717, 1.165) is 44.5 Å². The van der Waals surface area contributed by atoms with Crippen LogP contribution in [0, 0.1) is 0 Å². The number of thioether (sulfide) groups is 1. The number of hydrogen-bond donors (Lipinski definition) is 2. The van der Waals surface area contributed by atoms with Crippen molar-refractivity contribution in [1.82, 2.24) is 5.32 Å². The van der Waals surface area contributed by atoms with Crippen LogP contribution in [0.2, 0.25) is 0 Å². The van der Waals surface area contributed by atoms with Crippen molar-refractivity contribution in [3.8, 4) is 0 Å². The molecule has 5 heteroatoms. The number of carbonyl (C=O) groups excluding carboxylic acids is 1. The highest BCUT2D eigenvalue weighted by Gasteiger charge is 2.40. The molecule has 0 aromatic heterocycles. The van der Waals surface area contributed by atoms with Gasteiger partial charge in [0.25, 0.3) is 0 Å². The monoisotopic (exact) mass is 272 g/mol. The lowest BCUT2D eigenvalue weighted by Crippen LogP contribution is -2.52. The Morgan fingerprint density at radius 2 is 2.50 bits per heavy atom. The van der Waals surface area contributed by atoms with E-state index in [2.05, 4.69) is 5.32 Å². The molecule has 2 saturated heterocycles. The Balaban J connectivity index is 1.84. The van der Waals surface area contributed by atoms with Gasteiger partial charge in [0.2, 0.25) is 5.91 Å². The van der Waals surface area contributed by atoms with E-state index in [0.29, 0.717) is 0 Å². The van der Waals surface area contributed by atoms with Gasteiger partial charge in [-0.3, -0.25) is 4.79 Å². The summed E-state index contributed by atoms with van der Waals surface area (Å²) in [4.78, 5) is 11.9. The molecule has 2 aliphatic rings. The largest absolute Gasteiger partial charge is 0.374 e. The molecule has 0 bridgehead atoms. The van der Waals surface area contributed by atoms with Crippen molar-refractivity contribution in [2.45, 2.75) is 56.7 Å². The second kappa shape index (κ2) is 6.26. The van der Waals surface area contributed by atoms with Gasteiger partial charge in [0.05, 0.1) is 11.6 Å². The van der Waals surface area contributed by atoms with E-state index in [9.17, 15) is 4.79 Å². The number of amides is 1. The van der Waals surface area contributed by atoms with Crippen LogP contribution in [0.25, 0.3) is 0 Å². The Morgan fingerprint density at radius 3 is 3.17 bits per heavy atom. The summed E-state index contributed by atoms with van der Waals surface area (Å²) in [5.74, 6) is 2.25. The highest BCUT2D eigenvalue weighted by molar-refractivity contribution is 7.99. The zero-order chi connectivity index (χ0) is 13.0. The van der Waals surface area contributed by atoms with E-state index >= 15 is 0 Å². The van der Waals surface area contributed by atoms with E-state index in [1.165, 1.54) is 5.75 Å². The molecule has 3 atom stereocenters. The normalized spacial score (nSPS) is 33.6. The van der Waals surface area contributed by atoms with Crippen molar-refractivity contribution in [2.24, 2.45) is 5.73 Å². The minimum Gasteiger partial charge on any atom is -0.374 e. The third kappa shape index (κ3) is 3.39. The first-order valence-electron chi connectivity index (χ1n) is 6.93. The van der Waals surface area contributed by atoms with Gasteiger partial charge in [0.1, 0.15) is 0 Å². The molecule has 3 unspecified atom stereocenters. The van der Waals surface area contributed by atoms with Gasteiger partial charge < -0.3 is 15.8 Å². The highest BCUT2D eigenvalue weighted by Crippen LogP contribution is 2.38. The second-order valence-corrected chi connectivity index (χ2v) is 6.53. The third-order valence-corrected chi connectivity index (χ3v) is 5.07. The summed E-state index contributed by atoms with van der Waals surface area (Å²) in [6, 6.07) is -0.111. The first-order chi connectivity index (χ1) is 8.65. The molecular weight excluding hydrogens is 248 g/mol. The van der Waals surface area contributed by atoms with Gasteiger partial charge >= 0.3 is 0 Å². The number of carbonyl (C=O) groups is 1. The second-order valence-electron chi connectivity index (χ2n) is 5.43. The number of hydrogen-bond acceptors (Lipinski definition) is 4. The smallest absolute Gasteiger partial charge is 0.237 e. The molecule has 0 saturated carbocycles. The van der Waals surface area contributed by atoms with Crippen molar-refractivity contribution in [3.05, 3.63) is 0 Å². The lowest BCUT2D eigenvalue weighted by molar-refractivity contribution is -0.125. The van der Waals surface area contributed by atoms with Gasteiger partial charge in [-0.2, -0.15) is 11.8 Å². The number of rotatable bonds is 4. The van der Waals surface area contributed by atoms with Crippen LogP contribution in [0.5, 0.6) is 0 Å². The lowest BCUT2D eigenvalue weighted by Gasteiger charge is -2.38. The van der Waals surface area contributed by atoms with Gasteiger partial charge in [-0.05, 0) is 31.4 Å². The molecule has 2 rings (SSSR count). The number of nitrogens with two attached hydrogens (primary N) is 1. The van der Waals surface area contributed by atoms with Crippen molar-refractivity contribution in [2.75, 3.05) is 18.1 Å². The fourth-order valence-electron chi connectivity index (χ4n) is 2.76. The molecule has 3 N–H and O–H groups in total. The number of nitrogens with one attached hydrogen (secondary N) is 1.